The standard InChI is InChI=1S/C19H16F2N4O2/c1-11(12-6-3-2-4-7-12)23-19(27)17-15(10-22-25-17)24-18(26)16-13(20)8-5-9-14(16)21/h2-11H,1H3,(H,22,25)(H,23,27)(H,24,26). The number of aromatic amines is 1. The molecule has 0 fully saturated rings. The fourth-order valence-corrected chi connectivity index (χ4v) is 2.55. The minimum Gasteiger partial charge on any atom is -0.344 e. The van der Waals surface area contributed by atoms with Crippen LogP contribution in [0.2, 0.25) is 0 Å². The zero-order valence-electron chi connectivity index (χ0n) is 14.3. The van der Waals surface area contributed by atoms with Crippen molar-refractivity contribution in [1.82, 2.24) is 15.5 Å². The van der Waals surface area contributed by atoms with Crippen LogP contribution in [-0.4, -0.2) is 22.0 Å². The first-order valence-corrected chi connectivity index (χ1v) is 8.12. The van der Waals surface area contributed by atoms with E-state index in [1.165, 1.54) is 6.20 Å². The third-order valence-electron chi connectivity index (χ3n) is 3.94. The maximum absolute atomic E-state index is 13.7. The third kappa shape index (κ3) is 4.00. The van der Waals surface area contributed by atoms with Crippen molar-refractivity contribution in [3.8, 4) is 0 Å². The molecule has 1 unspecified atom stereocenters. The van der Waals surface area contributed by atoms with Crippen molar-refractivity contribution in [1.29, 1.82) is 0 Å². The van der Waals surface area contributed by atoms with Crippen LogP contribution in [-0.2, 0) is 0 Å². The second kappa shape index (κ2) is 7.77. The molecular formula is C19H16F2N4O2. The molecular weight excluding hydrogens is 354 g/mol. The number of nitrogens with one attached hydrogen (secondary N) is 3. The van der Waals surface area contributed by atoms with E-state index in [1.54, 1.807) is 6.92 Å². The number of rotatable bonds is 5. The summed E-state index contributed by atoms with van der Waals surface area (Å²) >= 11 is 0. The lowest BCUT2D eigenvalue weighted by molar-refractivity contribution is 0.0935. The van der Waals surface area contributed by atoms with Gasteiger partial charge in [-0.2, -0.15) is 5.10 Å². The van der Waals surface area contributed by atoms with Gasteiger partial charge in [0.15, 0.2) is 5.69 Å². The number of aromatic nitrogens is 2. The molecule has 0 saturated heterocycles. The molecule has 2 amide bonds. The van der Waals surface area contributed by atoms with Crippen LogP contribution in [0.5, 0.6) is 0 Å². The van der Waals surface area contributed by atoms with Crippen molar-refractivity contribution in [2.45, 2.75) is 13.0 Å². The molecule has 0 bridgehead atoms. The van der Waals surface area contributed by atoms with Gasteiger partial charge in [0.1, 0.15) is 17.2 Å². The van der Waals surface area contributed by atoms with Gasteiger partial charge in [-0.15, -0.1) is 0 Å². The molecule has 0 saturated carbocycles. The summed E-state index contributed by atoms with van der Waals surface area (Å²) in [6, 6.07) is 12.1. The number of benzene rings is 2. The summed E-state index contributed by atoms with van der Waals surface area (Å²) in [4.78, 5) is 24.7. The summed E-state index contributed by atoms with van der Waals surface area (Å²) in [5.41, 5.74) is 0.0754. The Morgan fingerprint density at radius 1 is 1.00 bits per heavy atom. The molecule has 2 aromatic carbocycles. The largest absolute Gasteiger partial charge is 0.344 e. The summed E-state index contributed by atoms with van der Waals surface area (Å²) in [7, 11) is 0. The Labute approximate surface area is 153 Å². The zero-order chi connectivity index (χ0) is 19.4. The van der Waals surface area contributed by atoms with E-state index in [1.807, 2.05) is 30.3 Å². The van der Waals surface area contributed by atoms with Gasteiger partial charge in [0.05, 0.1) is 11.7 Å². The highest BCUT2D eigenvalue weighted by Gasteiger charge is 2.22. The summed E-state index contributed by atoms with van der Waals surface area (Å²) in [5, 5.41) is 11.3. The van der Waals surface area contributed by atoms with Crippen molar-refractivity contribution < 1.29 is 18.4 Å². The number of halogens is 2. The molecule has 27 heavy (non-hydrogen) atoms. The van der Waals surface area contributed by atoms with E-state index >= 15 is 0 Å². The number of carbonyl (C=O) groups excluding carboxylic acids is 2. The summed E-state index contributed by atoms with van der Waals surface area (Å²) in [6.07, 6.45) is 1.26. The third-order valence-corrected chi connectivity index (χ3v) is 3.94. The Hall–Kier alpha value is -3.55. The molecule has 0 aliphatic carbocycles. The summed E-state index contributed by atoms with van der Waals surface area (Å²) in [6.45, 7) is 1.80. The molecule has 3 aromatic rings. The molecule has 6 nitrogen and oxygen atoms in total. The summed E-state index contributed by atoms with van der Waals surface area (Å²) < 4.78 is 27.5. The normalized spacial score (nSPS) is 11.7. The minimum atomic E-state index is -1.02. The predicted molar refractivity (Wildman–Crippen MR) is 95.2 cm³/mol. The van der Waals surface area contributed by atoms with Crippen LogP contribution in [0.3, 0.4) is 0 Å². The van der Waals surface area contributed by atoms with Gasteiger partial charge >= 0.3 is 0 Å². The Morgan fingerprint density at radius 2 is 1.67 bits per heavy atom. The van der Waals surface area contributed by atoms with Crippen LogP contribution >= 0.6 is 0 Å². The highest BCUT2D eigenvalue weighted by Crippen LogP contribution is 2.18. The Bertz CT molecular complexity index is 953. The van der Waals surface area contributed by atoms with Crippen molar-refractivity contribution >= 4 is 17.5 Å². The highest BCUT2D eigenvalue weighted by molar-refractivity contribution is 6.08. The second-order valence-electron chi connectivity index (χ2n) is 5.80. The first-order chi connectivity index (χ1) is 13.0. The molecule has 1 aromatic heterocycles. The average Bonchev–Trinajstić information content (AvgIpc) is 3.10. The SMILES string of the molecule is CC(NC(=O)c1n[nH]cc1NC(=O)c1c(F)cccc1F)c1ccccc1. The molecule has 1 atom stereocenters. The second-order valence-corrected chi connectivity index (χ2v) is 5.80. The molecule has 138 valence electrons. The van der Waals surface area contributed by atoms with Gasteiger partial charge in [0.2, 0.25) is 0 Å². The number of H-pyrrole nitrogens is 1. The number of nitrogens with zero attached hydrogens (tertiary/aromatic N) is 1. The van der Waals surface area contributed by atoms with Gasteiger partial charge < -0.3 is 10.6 Å². The van der Waals surface area contributed by atoms with Gasteiger partial charge in [-0.25, -0.2) is 8.78 Å². The molecule has 1 heterocycles. The van der Waals surface area contributed by atoms with Gasteiger partial charge in [-0.1, -0.05) is 36.4 Å². The van der Waals surface area contributed by atoms with Crippen molar-refractivity contribution in [3.63, 3.8) is 0 Å². The topological polar surface area (TPSA) is 86.9 Å². The van der Waals surface area contributed by atoms with Crippen LogP contribution in [0.15, 0.2) is 54.7 Å². The van der Waals surface area contributed by atoms with Gasteiger partial charge in [-0.3, -0.25) is 14.7 Å². The van der Waals surface area contributed by atoms with E-state index in [9.17, 15) is 18.4 Å². The van der Waals surface area contributed by atoms with Crippen LogP contribution in [0.25, 0.3) is 0 Å². The highest BCUT2D eigenvalue weighted by atomic mass is 19.1. The fourth-order valence-electron chi connectivity index (χ4n) is 2.55. The molecule has 8 heteroatoms. The monoisotopic (exact) mass is 370 g/mol. The van der Waals surface area contributed by atoms with Gasteiger partial charge in [0, 0.05) is 6.20 Å². The average molecular weight is 370 g/mol. The quantitative estimate of drug-likeness (QED) is 0.643. The van der Waals surface area contributed by atoms with Crippen LogP contribution in [0.1, 0.15) is 39.4 Å². The van der Waals surface area contributed by atoms with Crippen LogP contribution in [0, 0.1) is 11.6 Å². The van der Waals surface area contributed by atoms with Crippen LogP contribution < -0.4 is 10.6 Å². The number of anilines is 1. The predicted octanol–water partition coefficient (Wildman–Crippen LogP) is 3.43. The number of hydrogen-bond donors (Lipinski definition) is 3. The van der Waals surface area contributed by atoms with E-state index in [4.69, 9.17) is 0 Å². The molecule has 0 radical (unpaired) electrons. The lowest BCUT2D eigenvalue weighted by Crippen LogP contribution is -2.28. The lowest BCUT2D eigenvalue weighted by atomic mass is 10.1. The zero-order valence-corrected chi connectivity index (χ0v) is 14.3. The Balaban J connectivity index is 1.76. The number of hydrogen-bond acceptors (Lipinski definition) is 3. The van der Waals surface area contributed by atoms with Crippen molar-refractivity contribution in [3.05, 3.63) is 83.2 Å². The maximum Gasteiger partial charge on any atom is 0.274 e. The lowest BCUT2D eigenvalue weighted by Gasteiger charge is -2.14. The minimum absolute atomic E-state index is 0.0143. The first kappa shape index (κ1) is 18.2. The van der Waals surface area contributed by atoms with E-state index < -0.39 is 29.0 Å². The Kier molecular flexibility index (Phi) is 5.25. The molecule has 0 aliphatic rings. The molecule has 3 rings (SSSR count). The first-order valence-electron chi connectivity index (χ1n) is 8.12. The van der Waals surface area contributed by atoms with Crippen molar-refractivity contribution in [2.24, 2.45) is 0 Å². The van der Waals surface area contributed by atoms with Crippen LogP contribution in [0.4, 0.5) is 14.5 Å². The smallest absolute Gasteiger partial charge is 0.274 e. The van der Waals surface area contributed by atoms with Gasteiger partial charge in [-0.05, 0) is 24.6 Å². The van der Waals surface area contributed by atoms with E-state index in [2.05, 4.69) is 20.8 Å². The fraction of sp³-hybridized carbons (Fsp3) is 0.105. The summed E-state index contributed by atoms with van der Waals surface area (Å²) in [5.74, 6) is -3.56. The molecule has 0 aliphatic heterocycles. The van der Waals surface area contributed by atoms with E-state index in [-0.39, 0.29) is 17.4 Å². The number of amides is 2. The molecule has 3 N–H and O–H groups in total. The number of carbonyl (C=O) groups is 2. The van der Waals surface area contributed by atoms with E-state index in [0.717, 1.165) is 23.8 Å². The van der Waals surface area contributed by atoms with Gasteiger partial charge in [0.25, 0.3) is 11.8 Å². The Morgan fingerprint density at radius 3 is 2.33 bits per heavy atom. The van der Waals surface area contributed by atoms with E-state index in [0.29, 0.717) is 0 Å². The van der Waals surface area contributed by atoms with Crippen molar-refractivity contribution in [2.75, 3.05) is 5.32 Å². The molecule has 0 spiro atoms. The maximum atomic E-state index is 13.7.